The van der Waals surface area contributed by atoms with Crippen LogP contribution in [0.2, 0.25) is 0 Å². The van der Waals surface area contributed by atoms with Gasteiger partial charge in [-0.2, -0.15) is 0 Å². The summed E-state index contributed by atoms with van der Waals surface area (Å²) in [5.41, 5.74) is 19.1. The van der Waals surface area contributed by atoms with Gasteiger partial charge in [0.05, 0.1) is 5.41 Å². The second kappa shape index (κ2) is 12.5. The van der Waals surface area contributed by atoms with Gasteiger partial charge in [-0.3, -0.25) is 0 Å². The van der Waals surface area contributed by atoms with Crippen LogP contribution >= 0.6 is 0 Å². The maximum Gasteiger partial charge on any atom is 0.137 e. The molecule has 13 rings (SSSR count). The first kappa shape index (κ1) is 34.3. The van der Waals surface area contributed by atoms with Crippen molar-refractivity contribution in [2.24, 2.45) is 0 Å². The lowest BCUT2D eigenvalue weighted by molar-refractivity contribution is 0.563. The van der Waals surface area contributed by atoms with Crippen LogP contribution in [-0.2, 0) is 10.8 Å². The molecule has 0 bridgehead atoms. The molecule has 0 unspecified atom stereocenters. The molecule has 9 aromatic carbocycles. The Hall–Kier alpha value is -7.62. The first-order valence-electron chi connectivity index (χ1n) is 21.2. The molecule has 288 valence electrons. The summed E-state index contributed by atoms with van der Waals surface area (Å²) in [7, 11) is 0. The van der Waals surface area contributed by atoms with Crippen LogP contribution in [0.4, 0.5) is 17.1 Å². The Balaban J connectivity index is 0.972. The van der Waals surface area contributed by atoms with E-state index in [1.165, 1.54) is 50.1 Å². The lowest BCUT2D eigenvalue weighted by Gasteiger charge is -2.46. The molecule has 11 aromatic rings. The fourth-order valence-electron chi connectivity index (χ4n) is 11.0. The predicted octanol–water partition coefficient (Wildman–Crippen LogP) is 15.6. The molecular formula is C58H39NO2. The average Bonchev–Trinajstić information content (AvgIpc) is 3.96. The van der Waals surface area contributed by atoms with Crippen LogP contribution in [0.1, 0.15) is 47.2 Å². The summed E-state index contributed by atoms with van der Waals surface area (Å²) in [5.74, 6) is 0. The van der Waals surface area contributed by atoms with Crippen molar-refractivity contribution in [3.63, 3.8) is 0 Å². The van der Waals surface area contributed by atoms with E-state index in [1.807, 2.05) is 24.3 Å². The third-order valence-corrected chi connectivity index (χ3v) is 13.8. The van der Waals surface area contributed by atoms with E-state index in [1.54, 1.807) is 0 Å². The van der Waals surface area contributed by atoms with Crippen LogP contribution in [0.15, 0.2) is 209 Å². The zero-order valence-corrected chi connectivity index (χ0v) is 33.8. The summed E-state index contributed by atoms with van der Waals surface area (Å²) in [6.07, 6.45) is 0. The van der Waals surface area contributed by atoms with E-state index in [0.29, 0.717) is 0 Å². The van der Waals surface area contributed by atoms with Crippen molar-refractivity contribution in [1.82, 2.24) is 0 Å². The molecule has 0 aliphatic heterocycles. The Labute approximate surface area is 353 Å². The quantitative estimate of drug-likeness (QED) is 0.178. The fraction of sp³-hybridized carbons (Fsp3) is 0.0690. The molecule has 0 fully saturated rings. The van der Waals surface area contributed by atoms with Crippen molar-refractivity contribution >= 4 is 60.9 Å². The Morgan fingerprint density at radius 3 is 1.36 bits per heavy atom. The molecule has 61 heavy (non-hydrogen) atoms. The van der Waals surface area contributed by atoms with Gasteiger partial charge in [-0.1, -0.05) is 147 Å². The molecule has 2 aliphatic rings. The van der Waals surface area contributed by atoms with Crippen molar-refractivity contribution in [1.29, 1.82) is 0 Å². The number of anilines is 3. The SMILES string of the molecule is CC1(C)c2ccccc2C2(c3ccccc3-c3ccc(-c4ccc(N(c5ccc6c(c5)oc5ccccc56)c5ccc6c(c5)oc5ccccc56)cc4)cc32)c2ccccc21. The molecule has 0 amide bonds. The number of nitrogens with zero attached hydrogens (tertiary/aromatic N) is 1. The zero-order chi connectivity index (χ0) is 40.5. The second-order valence-corrected chi connectivity index (χ2v) is 17.2. The normalized spacial score (nSPS) is 14.3. The third-order valence-electron chi connectivity index (χ3n) is 13.8. The van der Waals surface area contributed by atoms with Gasteiger partial charge < -0.3 is 13.7 Å². The number of fused-ring (bicyclic) bond motifs is 15. The molecule has 2 aromatic heterocycles. The van der Waals surface area contributed by atoms with Gasteiger partial charge in [0.15, 0.2) is 0 Å². The predicted molar refractivity (Wildman–Crippen MR) is 251 cm³/mol. The molecule has 0 atom stereocenters. The molecule has 2 heterocycles. The molecule has 3 heteroatoms. The molecule has 0 radical (unpaired) electrons. The smallest absolute Gasteiger partial charge is 0.137 e. The van der Waals surface area contributed by atoms with Crippen LogP contribution in [-0.4, -0.2) is 0 Å². The number of hydrogen-bond donors (Lipinski definition) is 0. The van der Waals surface area contributed by atoms with E-state index >= 15 is 0 Å². The highest BCUT2D eigenvalue weighted by Gasteiger charge is 2.53. The van der Waals surface area contributed by atoms with Gasteiger partial charge in [0.1, 0.15) is 22.3 Å². The van der Waals surface area contributed by atoms with Crippen molar-refractivity contribution in [2.45, 2.75) is 24.7 Å². The largest absolute Gasteiger partial charge is 0.456 e. The fourth-order valence-corrected chi connectivity index (χ4v) is 11.0. The maximum atomic E-state index is 6.42. The van der Waals surface area contributed by atoms with Crippen LogP contribution in [0.3, 0.4) is 0 Å². The summed E-state index contributed by atoms with van der Waals surface area (Å²) >= 11 is 0. The minimum Gasteiger partial charge on any atom is -0.456 e. The highest BCUT2D eigenvalue weighted by molar-refractivity contribution is 6.08. The molecular weight excluding hydrogens is 743 g/mol. The second-order valence-electron chi connectivity index (χ2n) is 17.2. The topological polar surface area (TPSA) is 29.5 Å². The van der Waals surface area contributed by atoms with Crippen molar-refractivity contribution in [3.05, 3.63) is 234 Å². The van der Waals surface area contributed by atoms with Gasteiger partial charge >= 0.3 is 0 Å². The molecule has 1 spiro atoms. The number of benzene rings is 9. The van der Waals surface area contributed by atoms with Gasteiger partial charge in [-0.15, -0.1) is 0 Å². The minimum atomic E-state index is -0.439. The number of hydrogen-bond acceptors (Lipinski definition) is 3. The van der Waals surface area contributed by atoms with Crippen LogP contribution in [0, 0.1) is 0 Å². The van der Waals surface area contributed by atoms with E-state index in [9.17, 15) is 0 Å². The summed E-state index contributed by atoms with van der Waals surface area (Å²) in [4.78, 5) is 2.30. The first-order chi connectivity index (χ1) is 30.0. The van der Waals surface area contributed by atoms with E-state index in [4.69, 9.17) is 8.83 Å². The molecule has 0 saturated carbocycles. The Morgan fingerprint density at radius 2 is 0.770 bits per heavy atom. The van der Waals surface area contributed by atoms with E-state index < -0.39 is 5.41 Å². The van der Waals surface area contributed by atoms with Gasteiger partial charge in [0.25, 0.3) is 0 Å². The summed E-state index contributed by atoms with van der Waals surface area (Å²) in [6, 6.07) is 73.1. The summed E-state index contributed by atoms with van der Waals surface area (Å²) in [6.45, 7) is 4.76. The van der Waals surface area contributed by atoms with Crippen molar-refractivity contribution in [2.75, 3.05) is 4.90 Å². The first-order valence-corrected chi connectivity index (χ1v) is 21.2. The molecule has 3 nitrogen and oxygen atoms in total. The Morgan fingerprint density at radius 1 is 0.328 bits per heavy atom. The van der Waals surface area contributed by atoms with E-state index in [-0.39, 0.29) is 5.41 Å². The lowest BCUT2D eigenvalue weighted by Crippen LogP contribution is -2.40. The van der Waals surface area contributed by atoms with Gasteiger partial charge in [0, 0.05) is 56.2 Å². The number of para-hydroxylation sites is 2. The van der Waals surface area contributed by atoms with Gasteiger partial charge in [0.2, 0.25) is 0 Å². The zero-order valence-electron chi connectivity index (χ0n) is 33.8. The standard InChI is InChI=1S/C58H39NO2/c1-57(2)48-17-7-9-19-50(48)58(51-20-10-8-18-49(51)57)47-16-6-3-13-41(47)42-30-25-37(33-52(42)58)36-23-26-38(27-24-36)59(39-28-31-45-43-14-4-11-21-53(43)60-55(45)34-39)40-29-32-46-44-15-5-12-22-54(44)61-56(46)35-40/h3-35H,1-2H3. The van der Waals surface area contributed by atoms with Crippen molar-refractivity contribution in [3.8, 4) is 22.3 Å². The molecule has 2 aliphatic carbocycles. The van der Waals surface area contributed by atoms with Gasteiger partial charge in [-0.25, -0.2) is 0 Å². The maximum absolute atomic E-state index is 6.42. The molecule has 0 saturated heterocycles. The van der Waals surface area contributed by atoms with Crippen LogP contribution < -0.4 is 4.90 Å². The van der Waals surface area contributed by atoms with Crippen molar-refractivity contribution < 1.29 is 8.83 Å². The lowest BCUT2D eigenvalue weighted by atomic mass is 9.55. The number of rotatable bonds is 4. The van der Waals surface area contributed by atoms with Gasteiger partial charge in [-0.05, 0) is 110 Å². The number of furan rings is 2. The summed E-state index contributed by atoms with van der Waals surface area (Å²) in [5, 5.41) is 4.44. The van der Waals surface area contributed by atoms with Crippen LogP contribution in [0.25, 0.3) is 66.1 Å². The Kier molecular flexibility index (Phi) is 6.99. The minimum absolute atomic E-state index is 0.140. The molecule has 0 N–H and O–H groups in total. The van der Waals surface area contributed by atoms with E-state index in [2.05, 4.69) is 195 Å². The van der Waals surface area contributed by atoms with E-state index in [0.717, 1.165) is 66.5 Å². The summed E-state index contributed by atoms with van der Waals surface area (Å²) < 4.78 is 12.8. The van der Waals surface area contributed by atoms with Crippen LogP contribution in [0.5, 0.6) is 0 Å². The highest BCUT2D eigenvalue weighted by Crippen LogP contribution is 2.62. The third kappa shape index (κ3) is 4.69. The monoisotopic (exact) mass is 781 g/mol. The highest BCUT2D eigenvalue weighted by atomic mass is 16.3. The average molecular weight is 782 g/mol. The Bertz CT molecular complexity index is 3420.